The molecule has 4 aliphatic carbocycles. The molecule has 0 unspecified atom stereocenters. The van der Waals surface area contributed by atoms with Crippen LogP contribution in [0.5, 0.6) is 0 Å². The maximum absolute atomic E-state index is 12.1. The summed E-state index contributed by atoms with van der Waals surface area (Å²) >= 11 is 0. The molecule has 4 aliphatic rings. The molecule has 0 aromatic rings. The van der Waals surface area contributed by atoms with Gasteiger partial charge in [-0.15, -0.1) is 0 Å². The number of carbonyl (C=O) groups is 1. The molecule has 0 bridgehead atoms. The van der Waals surface area contributed by atoms with Gasteiger partial charge in [-0.1, -0.05) is 40.2 Å². The van der Waals surface area contributed by atoms with Gasteiger partial charge in [-0.2, -0.15) is 0 Å². The number of aliphatic hydroxyl groups is 3. The van der Waals surface area contributed by atoms with Crippen LogP contribution in [0.25, 0.3) is 0 Å². The molecule has 3 N–H and O–H groups in total. The third-order valence-electron chi connectivity index (χ3n) is 10.5. The van der Waals surface area contributed by atoms with Crippen molar-refractivity contribution >= 4 is 5.78 Å². The van der Waals surface area contributed by atoms with Crippen LogP contribution < -0.4 is 0 Å². The molecular formula is C27H44O4. The summed E-state index contributed by atoms with van der Waals surface area (Å²) in [6, 6.07) is 0. The van der Waals surface area contributed by atoms with E-state index >= 15 is 0 Å². The second kappa shape index (κ2) is 8.25. The fourth-order valence-electron chi connectivity index (χ4n) is 8.43. The van der Waals surface area contributed by atoms with E-state index in [0.717, 1.165) is 44.1 Å². The van der Waals surface area contributed by atoms with Crippen LogP contribution in [-0.2, 0) is 4.79 Å². The zero-order valence-corrected chi connectivity index (χ0v) is 20.2. The lowest BCUT2D eigenvalue weighted by molar-refractivity contribution is -0.168. The lowest BCUT2D eigenvalue weighted by atomic mass is 9.45. The van der Waals surface area contributed by atoms with Crippen molar-refractivity contribution in [2.75, 3.05) is 0 Å². The van der Waals surface area contributed by atoms with Gasteiger partial charge in [0.2, 0.25) is 0 Å². The molecule has 0 amide bonds. The van der Waals surface area contributed by atoms with E-state index in [1.54, 1.807) is 0 Å². The molecule has 3 saturated carbocycles. The summed E-state index contributed by atoms with van der Waals surface area (Å²) in [6.45, 7) is 11.0. The zero-order valence-electron chi connectivity index (χ0n) is 20.2. The van der Waals surface area contributed by atoms with Gasteiger partial charge in [-0.25, -0.2) is 0 Å². The van der Waals surface area contributed by atoms with E-state index in [0.29, 0.717) is 30.6 Å². The van der Waals surface area contributed by atoms with Crippen LogP contribution in [-0.4, -0.2) is 39.4 Å². The van der Waals surface area contributed by atoms with Gasteiger partial charge in [0.1, 0.15) is 0 Å². The molecule has 0 aromatic carbocycles. The number of ketones is 1. The van der Waals surface area contributed by atoms with Crippen LogP contribution in [0.2, 0.25) is 0 Å². The largest absolute Gasteiger partial charge is 0.393 e. The van der Waals surface area contributed by atoms with Crippen LogP contribution in [0.15, 0.2) is 11.6 Å². The Bertz CT molecular complexity index is 729. The molecule has 3 fully saturated rings. The van der Waals surface area contributed by atoms with Gasteiger partial charge in [-0.05, 0) is 97.4 Å². The van der Waals surface area contributed by atoms with Crippen LogP contribution in [0, 0.1) is 46.3 Å². The van der Waals surface area contributed by atoms with Crippen molar-refractivity contribution in [1.29, 1.82) is 0 Å². The van der Waals surface area contributed by atoms with Crippen molar-refractivity contribution < 1.29 is 20.1 Å². The van der Waals surface area contributed by atoms with Gasteiger partial charge < -0.3 is 15.3 Å². The topological polar surface area (TPSA) is 77.8 Å². The molecule has 0 spiro atoms. The Kier molecular flexibility index (Phi) is 6.24. The Labute approximate surface area is 188 Å². The summed E-state index contributed by atoms with van der Waals surface area (Å²) in [4.78, 5) is 12.1. The normalized spacial score (nSPS) is 46.7. The summed E-state index contributed by atoms with van der Waals surface area (Å²) in [5.74, 6) is 2.14. The van der Waals surface area contributed by atoms with Crippen molar-refractivity contribution in [3.63, 3.8) is 0 Å². The number of carbonyl (C=O) groups excluding carboxylic acids is 1. The highest BCUT2D eigenvalue weighted by atomic mass is 16.3. The van der Waals surface area contributed by atoms with E-state index in [9.17, 15) is 20.1 Å². The molecule has 31 heavy (non-hydrogen) atoms. The maximum Gasteiger partial charge on any atom is 0.155 e. The molecule has 4 heteroatoms. The summed E-state index contributed by atoms with van der Waals surface area (Å²) in [5.41, 5.74) is 0.885. The molecule has 0 heterocycles. The lowest BCUT2D eigenvalue weighted by Crippen LogP contribution is -2.60. The molecule has 0 aliphatic heterocycles. The van der Waals surface area contributed by atoms with Gasteiger partial charge >= 0.3 is 0 Å². The first-order valence-electron chi connectivity index (χ1n) is 12.8. The lowest BCUT2D eigenvalue weighted by Gasteiger charge is -2.61. The third-order valence-corrected chi connectivity index (χ3v) is 10.5. The number of fused-ring (bicyclic) bond motifs is 5. The predicted octanol–water partition coefficient (Wildman–Crippen LogP) is 4.51. The molecule has 0 saturated heterocycles. The van der Waals surface area contributed by atoms with Crippen molar-refractivity contribution in [2.45, 2.75) is 104 Å². The van der Waals surface area contributed by atoms with Crippen LogP contribution in [0.4, 0.5) is 0 Å². The van der Waals surface area contributed by atoms with Crippen molar-refractivity contribution in [3.05, 3.63) is 11.6 Å². The van der Waals surface area contributed by atoms with E-state index in [1.165, 1.54) is 0 Å². The Morgan fingerprint density at radius 3 is 2.48 bits per heavy atom. The third kappa shape index (κ3) is 3.65. The Morgan fingerprint density at radius 1 is 1.10 bits per heavy atom. The van der Waals surface area contributed by atoms with Gasteiger partial charge in [0.15, 0.2) is 5.78 Å². The Morgan fingerprint density at radius 2 is 1.81 bits per heavy atom. The average molecular weight is 433 g/mol. The highest BCUT2D eigenvalue weighted by Crippen LogP contribution is 2.67. The first-order chi connectivity index (χ1) is 14.5. The van der Waals surface area contributed by atoms with Crippen LogP contribution >= 0.6 is 0 Å². The molecule has 4 rings (SSSR count). The number of aliphatic hydroxyl groups excluding tert-OH is 3. The minimum Gasteiger partial charge on any atom is -0.393 e. The molecular weight excluding hydrogens is 388 g/mol. The quantitative estimate of drug-likeness (QED) is 0.597. The van der Waals surface area contributed by atoms with E-state index in [2.05, 4.69) is 34.6 Å². The van der Waals surface area contributed by atoms with E-state index in [1.807, 2.05) is 6.08 Å². The minimum atomic E-state index is -0.413. The van der Waals surface area contributed by atoms with E-state index in [-0.39, 0.29) is 46.6 Å². The van der Waals surface area contributed by atoms with Crippen molar-refractivity contribution in [3.8, 4) is 0 Å². The van der Waals surface area contributed by atoms with Crippen molar-refractivity contribution in [2.24, 2.45) is 46.3 Å². The van der Waals surface area contributed by atoms with Gasteiger partial charge in [-0.3, -0.25) is 4.79 Å². The number of hydrogen-bond donors (Lipinski definition) is 3. The fraction of sp³-hybridized carbons (Fsp3) is 0.889. The molecule has 10 atom stereocenters. The second-order valence-electron chi connectivity index (χ2n) is 12.3. The summed E-state index contributed by atoms with van der Waals surface area (Å²) in [5, 5.41) is 33.2. The molecule has 176 valence electrons. The second-order valence-corrected chi connectivity index (χ2v) is 12.3. The molecule has 0 radical (unpaired) electrons. The zero-order chi connectivity index (χ0) is 22.7. The van der Waals surface area contributed by atoms with E-state index in [4.69, 9.17) is 0 Å². The van der Waals surface area contributed by atoms with Gasteiger partial charge in [0.25, 0.3) is 0 Å². The Balaban J connectivity index is 1.58. The predicted molar refractivity (Wildman–Crippen MR) is 122 cm³/mol. The highest BCUT2D eigenvalue weighted by molar-refractivity contribution is 5.91. The minimum absolute atomic E-state index is 0.0643. The SMILES string of the molecule is CC(C)[C@@H](O)CC[C@@H](C)[C@H]1CC[C@H]2[C@@H]3[C@H](O)CC4=CC(=O)CC[C@]4(C)[C@H]3C[C@H](O)[C@]12C. The molecule has 4 nitrogen and oxygen atoms in total. The summed E-state index contributed by atoms with van der Waals surface area (Å²) in [6.07, 6.45) is 7.55. The van der Waals surface area contributed by atoms with Crippen LogP contribution in [0.1, 0.15) is 86.0 Å². The Hall–Kier alpha value is -0.710. The smallest absolute Gasteiger partial charge is 0.155 e. The fourth-order valence-corrected chi connectivity index (χ4v) is 8.43. The van der Waals surface area contributed by atoms with Gasteiger partial charge in [0, 0.05) is 6.42 Å². The first kappa shape index (κ1) is 23.4. The van der Waals surface area contributed by atoms with Crippen LogP contribution in [0.3, 0.4) is 0 Å². The summed E-state index contributed by atoms with van der Waals surface area (Å²) < 4.78 is 0. The monoisotopic (exact) mass is 432 g/mol. The highest BCUT2D eigenvalue weighted by Gasteiger charge is 2.64. The maximum atomic E-state index is 12.1. The molecule has 0 aromatic heterocycles. The van der Waals surface area contributed by atoms with E-state index < -0.39 is 6.10 Å². The van der Waals surface area contributed by atoms with Gasteiger partial charge in [0.05, 0.1) is 18.3 Å². The average Bonchev–Trinajstić information content (AvgIpc) is 3.06. The first-order valence-corrected chi connectivity index (χ1v) is 12.8. The number of rotatable bonds is 5. The summed E-state index contributed by atoms with van der Waals surface area (Å²) in [7, 11) is 0. The number of hydrogen-bond acceptors (Lipinski definition) is 4. The van der Waals surface area contributed by atoms with Crippen molar-refractivity contribution in [1.82, 2.24) is 0 Å². The standard InChI is InChI=1S/C27H44O4/c1-15(2)22(29)9-6-16(3)19-7-8-20-25-21(14-24(31)27(19,20)5)26(4)11-10-18(28)12-17(26)13-23(25)30/h12,15-16,19-25,29-31H,6-11,13-14H2,1-5H3/t16-,19-,20+,21+,22+,23-,24+,25+,26+,27-/m1/s1.